The number of ether oxygens (including phenoxy) is 1. The summed E-state index contributed by atoms with van der Waals surface area (Å²) in [6, 6.07) is 18.4. The average molecular weight is 420 g/mol. The maximum atomic E-state index is 14.0. The van der Waals surface area contributed by atoms with E-state index in [9.17, 15) is 14.0 Å². The Bertz CT molecular complexity index is 1100. The van der Waals surface area contributed by atoms with E-state index in [1.807, 2.05) is 31.2 Å². The number of hydrogen-bond donors (Lipinski definition) is 2. The smallest absolute Gasteiger partial charge is 0.258 e. The van der Waals surface area contributed by atoms with Crippen LogP contribution in [0.2, 0.25) is 0 Å². The van der Waals surface area contributed by atoms with Crippen LogP contribution in [-0.2, 0) is 6.42 Å². The molecule has 1 atom stereocenters. The number of aryl methyl sites for hydroxylation is 1. The van der Waals surface area contributed by atoms with E-state index in [0.717, 1.165) is 11.3 Å². The Hall–Kier alpha value is -3.67. The van der Waals surface area contributed by atoms with E-state index in [0.29, 0.717) is 23.2 Å². The summed E-state index contributed by atoms with van der Waals surface area (Å²) < 4.78 is 19.2. The molecule has 3 aromatic rings. The zero-order valence-corrected chi connectivity index (χ0v) is 17.7. The van der Waals surface area contributed by atoms with Gasteiger partial charge in [-0.2, -0.15) is 0 Å². The maximum Gasteiger partial charge on any atom is 0.258 e. The molecule has 3 rings (SSSR count). The number of methoxy groups -OCH3 is 1. The van der Waals surface area contributed by atoms with E-state index in [1.165, 1.54) is 18.2 Å². The molecule has 0 saturated heterocycles. The van der Waals surface area contributed by atoms with Gasteiger partial charge in [-0.3, -0.25) is 9.59 Å². The third-order valence-corrected chi connectivity index (χ3v) is 4.93. The molecule has 2 N–H and O–H groups in total. The summed E-state index contributed by atoms with van der Waals surface area (Å²) in [6.45, 7) is 3.69. The van der Waals surface area contributed by atoms with Gasteiger partial charge >= 0.3 is 0 Å². The van der Waals surface area contributed by atoms with Gasteiger partial charge in [0.15, 0.2) is 0 Å². The van der Waals surface area contributed by atoms with Gasteiger partial charge in [0.2, 0.25) is 0 Å². The molecule has 0 aromatic heterocycles. The van der Waals surface area contributed by atoms with Gasteiger partial charge in [-0.05, 0) is 61.7 Å². The predicted octanol–water partition coefficient (Wildman–Crippen LogP) is 4.76. The van der Waals surface area contributed by atoms with Crippen molar-refractivity contribution < 1.29 is 18.7 Å². The van der Waals surface area contributed by atoms with Crippen LogP contribution in [0, 0.1) is 12.7 Å². The van der Waals surface area contributed by atoms with Crippen molar-refractivity contribution in [2.75, 3.05) is 12.4 Å². The standard InChI is InChI=1S/C25H25FN2O3/c1-16-8-6-12-21(23(16)28-24(29)20-11-4-5-13-22(20)26)25(30)27-17(2)14-18-9-7-10-19(15-18)31-3/h4-13,15,17H,14H2,1-3H3,(H,27,30)(H,28,29). The minimum atomic E-state index is -0.619. The summed E-state index contributed by atoms with van der Waals surface area (Å²) in [6.07, 6.45) is 0.617. The molecule has 0 bridgehead atoms. The number of anilines is 1. The summed E-state index contributed by atoms with van der Waals surface area (Å²) in [7, 11) is 1.61. The molecule has 0 aliphatic carbocycles. The van der Waals surface area contributed by atoms with Crippen molar-refractivity contribution >= 4 is 17.5 Å². The normalized spacial score (nSPS) is 11.5. The van der Waals surface area contributed by atoms with Crippen LogP contribution < -0.4 is 15.4 Å². The molecule has 6 heteroatoms. The van der Waals surface area contributed by atoms with Gasteiger partial charge in [0.25, 0.3) is 11.8 Å². The minimum Gasteiger partial charge on any atom is -0.497 e. The van der Waals surface area contributed by atoms with Gasteiger partial charge in [0, 0.05) is 6.04 Å². The Morgan fingerprint density at radius 3 is 2.42 bits per heavy atom. The molecular weight excluding hydrogens is 395 g/mol. The molecule has 0 radical (unpaired) electrons. The SMILES string of the molecule is COc1cccc(CC(C)NC(=O)c2cccc(C)c2NC(=O)c2ccccc2F)c1. The first-order valence-electron chi connectivity index (χ1n) is 9.98. The van der Waals surface area contributed by atoms with Crippen LogP contribution in [0.4, 0.5) is 10.1 Å². The van der Waals surface area contributed by atoms with Crippen molar-refractivity contribution in [3.63, 3.8) is 0 Å². The van der Waals surface area contributed by atoms with Crippen LogP contribution in [0.1, 0.15) is 38.8 Å². The first kappa shape index (κ1) is 22.0. The van der Waals surface area contributed by atoms with Crippen molar-refractivity contribution in [2.24, 2.45) is 0 Å². The van der Waals surface area contributed by atoms with Gasteiger partial charge < -0.3 is 15.4 Å². The lowest BCUT2D eigenvalue weighted by Gasteiger charge is -2.18. The zero-order valence-electron chi connectivity index (χ0n) is 17.7. The third-order valence-electron chi connectivity index (χ3n) is 4.93. The van der Waals surface area contributed by atoms with E-state index in [4.69, 9.17) is 4.74 Å². The van der Waals surface area contributed by atoms with E-state index >= 15 is 0 Å². The lowest BCUT2D eigenvalue weighted by atomic mass is 10.0. The summed E-state index contributed by atoms with van der Waals surface area (Å²) >= 11 is 0. The van der Waals surface area contributed by atoms with Gasteiger partial charge in [-0.1, -0.05) is 36.4 Å². The highest BCUT2D eigenvalue weighted by atomic mass is 19.1. The van der Waals surface area contributed by atoms with Gasteiger partial charge in [-0.15, -0.1) is 0 Å². The summed E-state index contributed by atoms with van der Waals surface area (Å²) in [4.78, 5) is 25.6. The molecule has 1 unspecified atom stereocenters. The molecule has 0 fully saturated rings. The highest BCUT2D eigenvalue weighted by Crippen LogP contribution is 2.22. The molecule has 2 amide bonds. The first-order valence-corrected chi connectivity index (χ1v) is 9.98. The highest BCUT2D eigenvalue weighted by molar-refractivity contribution is 6.09. The number of amides is 2. The fourth-order valence-electron chi connectivity index (χ4n) is 3.35. The number of benzene rings is 3. The number of carbonyl (C=O) groups is 2. The zero-order chi connectivity index (χ0) is 22.4. The second-order valence-electron chi connectivity index (χ2n) is 7.36. The fourth-order valence-corrected chi connectivity index (χ4v) is 3.35. The van der Waals surface area contributed by atoms with Crippen molar-refractivity contribution in [1.29, 1.82) is 0 Å². The van der Waals surface area contributed by atoms with Crippen LogP contribution in [-0.4, -0.2) is 25.0 Å². The van der Waals surface area contributed by atoms with E-state index in [2.05, 4.69) is 10.6 Å². The lowest BCUT2D eigenvalue weighted by molar-refractivity contribution is 0.0941. The Morgan fingerprint density at radius 2 is 1.68 bits per heavy atom. The molecule has 0 heterocycles. The van der Waals surface area contributed by atoms with Gasteiger partial charge in [0.05, 0.1) is 23.9 Å². The number of halogens is 1. The third kappa shape index (κ3) is 5.48. The van der Waals surface area contributed by atoms with Gasteiger partial charge in [-0.25, -0.2) is 4.39 Å². The Labute approximate surface area is 181 Å². The highest BCUT2D eigenvalue weighted by Gasteiger charge is 2.19. The molecule has 3 aromatic carbocycles. The van der Waals surface area contributed by atoms with Crippen LogP contribution in [0.3, 0.4) is 0 Å². The maximum absolute atomic E-state index is 14.0. The van der Waals surface area contributed by atoms with Crippen LogP contribution >= 0.6 is 0 Å². The van der Waals surface area contributed by atoms with E-state index < -0.39 is 11.7 Å². The molecule has 31 heavy (non-hydrogen) atoms. The van der Waals surface area contributed by atoms with Crippen molar-refractivity contribution in [1.82, 2.24) is 5.32 Å². The van der Waals surface area contributed by atoms with Crippen LogP contribution in [0.15, 0.2) is 66.7 Å². The van der Waals surface area contributed by atoms with Crippen molar-refractivity contribution in [3.05, 3.63) is 94.8 Å². The molecule has 0 saturated carbocycles. The van der Waals surface area contributed by atoms with Crippen LogP contribution in [0.25, 0.3) is 0 Å². The summed E-state index contributed by atoms with van der Waals surface area (Å²) in [5.41, 5.74) is 2.34. The molecule has 5 nitrogen and oxygen atoms in total. The lowest BCUT2D eigenvalue weighted by Crippen LogP contribution is -2.34. The Morgan fingerprint density at radius 1 is 0.968 bits per heavy atom. The molecule has 0 spiro atoms. The number of para-hydroxylation sites is 1. The molecule has 0 aliphatic heterocycles. The monoisotopic (exact) mass is 420 g/mol. The van der Waals surface area contributed by atoms with Crippen molar-refractivity contribution in [3.8, 4) is 5.75 Å². The first-order chi connectivity index (χ1) is 14.9. The predicted molar refractivity (Wildman–Crippen MR) is 119 cm³/mol. The second kappa shape index (κ2) is 9.89. The molecular formula is C25H25FN2O3. The quantitative estimate of drug-likeness (QED) is 0.579. The van der Waals surface area contributed by atoms with Gasteiger partial charge in [0.1, 0.15) is 11.6 Å². The fraction of sp³-hybridized carbons (Fsp3) is 0.200. The van der Waals surface area contributed by atoms with E-state index in [1.54, 1.807) is 38.3 Å². The summed E-state index contributed by atoms with van der Waals surface area (Å²) in [5, 5.41) is 5.67. The number of carbonyl (C=O) groups excluding carboxylic acids is 2. The number of rotatable bonds is 7. The minimum absolute atomic E-state index is 0.0801. The van der Waals surface area contributed by atoms with Crippen molar-refractivity contribution in [2.45, 2.75) is 26.3 Å². The Kier molecular flexibility index (Phi) is 7.03. The van der Waals surface area contributed by atoms with E-state index in [-0.39, 0.29) is 17.5 Å². The topological polar surface area (TPSA) is 67.4 Å². The summed E-state index contributed by atoms with van der Waals surface area (Å²) in [5.74, 6) is -0.784. The largest absolute Gasteiger partial charge is 0.497 e. The molecule has 0 aliphatic rings. The second-order valence-corrected chi connectivity index (χ2v) is 7.36. The number of nitrogens with one attached hydrogen (secondary N) is 2. The molecule has 160 valence electrons. The average Bonchev–Trinajstić information content (AvgIpc) is 2.75. The number of hydrogen-bond acceptors (Lipinski definition) is 3. The van der Waals surface area contributed by atoms with Crippen LogP contribution in [0.5, 0.6) is 5.75 Å². The Balaban J connectivity index is 1.76.